The molecule has 96 valence electrons. The number of rotatable bonds is 6. The molecule has 0 bridgehead atoms. The van der Waals surface area contributed by atoms with E-state index < -0.39 is 0 Å². The van der Waals surface area contributed by atoms with Crippen LogP contribution in [-0.4, -0.2) is 18.1 Å². The summed E-state index contributed by atoms with van der Waals surface area (Å²) in [6, 6.07) is 0. The molecule has 0 radical (unpaired) electrons. The van der Waals surface area contributed by atoms with Gasteiger partial charge < -0.3 is 9.73 Å². The van der Waals surface area contributed by atoms with Gasteiger partial charge in [0.05, 0.1) is 6.20 Å². The quantitative estimate of drug-likeness (QED) is 0.771. The Bertz CT molecular complexity index is 340. The van der Waals surface area contributed by atoms with Gasteiger partial charge in [-0.05, 0) is 25.8 Å². The highest BCUT2D eigenvalue weighted by atomic mass is 16.4. The van der Waals surface area contributed by atoms with Gasteiger partial charge in [-0.25, -0.2) is 4.98 Å². The van der Waals surface area contributed by atoms with Crippen LogP contribution in [0.25, 0.3) is 0 Å². The van der Waals surface area contributed by atoms with Crippen molar-refractivity contribution in [2.75, 3.05) is 13.1 Å². The molecule has 1 aliphatic carbocycles. The van der Waals surface area contributed by atoms with Crippen molar-refractivity contribution in [1.29, 1.82) is 0 Å². The van der Waals surface area contributed by atoms with Gasteiger partial charge in [-0.1, -0.05) is 26.7 Å². The van der Waals surface area contributed by atoms with Crippen molar-refractivity contribution in [3.05, 3.63) is 17.8 Å². The summed E-state index contributed by atoms with van der Waals surface area (Å²) >= 11 is 0. The van der Waals surface area contributed by atoms with Gasteiger partial charge in [0, 0.05) is 18.4 Å². The zero-order chi connectivity index (χ0) is 12.1. The first-order valence-electron chi connectivity index (χ1n) is 6.90. The first kappa shape index (κ1) is 12.6. The largest absolute Gasteiger partial charge is 0.445 e. The molecule has 0 aliphatic heterocycles. The average Bonchev–Trinajstić information content (AvgIpc) is 2.94. The fourth-order valence-corrected chi connectivity index (χ4v) is 2.60. The van der Waals surface area contributed by atoms with Crippen LogP contribution in [0.2, 0.25) is 0 Å². The topological polar surface area (TPSA) is 38.1 Å². The van der Waals surface area contributed by atoms with E-state index in [-0.39, 0.29) is 5.41 Å². The zero-order valence-corrected chi connectivity index (χ0v) is 11.1. The highest BCUT2D eigenvalue weighted by molar-refractivity contribution is 5.11. The molecule has 0 unspecified atom stereocenters. The molecule has 17 heavy (non-hydrogen) atoms. The first-order valence-corrected chi connectivity index (χ1v) is 6.90. The van der Waals surface area contributed by atoms with E-state index in [4.69, 9.17) is 4.42 Å². The lowest BCUT2D eigenvalue weighted by Crippen LogP contribution is -2.18. The Hall–Kier alpha value is -0.830. The number of hydrogen-bond donors (Lipinski definition) is 1. The van der Waals surface area contributed by atoms with Crippen molar-refractivity contribution >= 4 is 0 Å². The van der Waals surface area contributed by atoms with Crippen LogP contribution in [0.1, 0.15) is 57.6 Å². The van der Waals surface area contributed by atoms with E-state index in [9.17, 15) is 0 Å². The zero-order valence-electron chi connectivity index (χ0n) is 11.1. The molecule has 2 rings (SSSR count). The Kier molecular flexibility index (Phi) is 4.21. The van der Waals surface area contributed by atoms with Crippen LogP contribution in [0.5, 0.6) is 0 Å². The fourth-order valence-electron chi connectivity index (χ4n) is 2.60. The van der Waals surface area contributed by atoms with E-state index in [1.165, 1.54) is 32.1 Å². The second-order valence-corrected chi connectivity index (χ2v) is 5.39. The molecule has 0 amide bonds. The normalized spacial score (nSPS) is 18.7. The molecule has 3 nitrogen and oxygen atoms in total. The molecule has 1 heterocycles. The van der Waals surface area contributed by atoms with Gasteiger partial charge >= 0.3 is 0 Å². The van der Waals surface area contributed by atoms with Crippen molar-refractivity contribution < 1.29 is 4.42 Å². The molecule has 1 aliphatic rings. The van der Waals surface area contributed by atoms with Gasteiger partial charge in [0.2, 0.25) is 0 Å². The van der Waals surface area contributed by atoms with Crippen molar-refractivity contribution in [3.8, 4) is 0 Å². The predicted molar refractivity (Wildman–Crippen MR) is 69.2 cm³/mol. The maximum atomic E-state index is 5.90. The molecule has 1 saturated carbocycles. The number of nitrogens with one attached hydrogen (secondary N) is 1. The van der Waals surface area contributed by atoms with Crippen LogP contribution in [0.3, 0.4) is 0 Å². The summed E-state index contributed by atoms with van der Waals surface area (Å²) in [6.07, 6.45) is 9.16. The summed E-state index contributed by atoms with van der Waals surface area (Å²) in [7, 11) is 0. The Morgan fingerprint density at radius 3 is 2.82 bits per heavy atom. The second-order valence-electron chi connectivity index (χ2n) is 5.39. The van der Waals surface area contributed by atoms with E-state index in [2.05, 4.69) is 24.1 Å². The Morgan fingerprint density at radius 2 is 2.12 bits per heavy atom. The van der Waals surface area contributed by atoms with Crippen LogP contribution in [0.4, 0.5) is 0 Å². The fraction of sp³-hybridized carbons (Fsp3) is 0.786. The van der Waals surface area contributed by atoms with Crippen LogP contribution in [0.15, 0.2) is 10.6 Å². The molecular weight excluding hydrogens is 212 g/mol. The minimum Gasteiger partial charge on any atom is -0.445 e. The van der Waals surface area contributed by atoms with Crippen molar-refractivity contribution in [1.82, 2.24) is 10.3 Å². The number of aromatic nitrogens is 1. The molecule has 0 spiro atoms. The molecule has 1 fully saturated rings. The maximum absolute atomic E-state index is 5.90. The van der Waals surface area contributed by atoms with Crippen LogP contribution < -0.4 is 5.32 Å². The second kappa shape index (κ2) is 5.67. The third-order valence-corrected chi connectivity index (χ3v) is 3.80. The Balaban J connectivity index is 1.87. The van der Waals surface area contributed by atoms with Gasteiger partial charge in [-0.3, -0.25) is 0 Å². The van der Waals surface area contributed by atoms with E-state index in [1.807, 2.05) is 6.20 Å². The third-order valence-electron chi connectivity index (χ3n) is 3.80. The highest BCUT2D eigenvalue weighted by Crippen LogP contribution is 2.40. The SMILES string of the molecule is CCCNCCc1ncc(C2(C)CCCC2)o1. The summed E-state index contributed by atoms with van der Waals surface area (Å²) in [5, 5.41) is 3.37. The van der Waals surface area contributed by atoms with Gasteiger partial charge in [-0.2, -0.15) is 0 Å². The number of hydrogen-bond acceptors (Lipinski definition) is 3. The van der Waals surface area contributed by atoms with Crippen LogP contribution in [-0.2, 0) is 11.8 Å². The molecule has 1 aromatic heterocycles. The molecule has 1 N–H and O–H groups in total. The summed E-state index contributed by atoms with van der Waals surface area (Å²) in [5.74, 6) is 1.98. The number of oxazole rings is 1. The van der Waals surface area contributed by atoms with E-state index in [0.29, 0.717) is 0 Å². The summed E-state index contributed by atoms with van der Waals surface area (Å²) in [4.78, 5) is 4.40. The molecular formula is C14H24N2O. The minimum atomic E-state index is 0.252. The van der Waals surface area contributed by atoms with Crippen molar-refractivity contribution in [2.45, 2.75) is 57.8 Å². The summed E-state index contributed by atoms with van der Waals surface area (Å²) in [5.41, 5.74) is 0.252. The predicted octanol–water partition coefficient (Wildman–Crippen LogP) is 3.05. The first-order chi connectivity index (χ1) is 8.24. The van der Waals surface area contributed by atoms with Crippen molar-refractivity contribution in [3.63, 3.8) is 0 Å². The molecule has 0 atom stereocenters. The monoisotopic (exact) mass is 236 g/mol. The van der Waals surface area contributed by atoms with Gasteiger partial charge in [0.15, 0.2) is 5.89 Å². The Morgan fingerprint density at radius 1 is 1.35 bits per heavy atom. The molecule has 1 aromatic rings. The molecule has 0 saturated heterocycles. The molecule has 3 heteroatoms. The Labute approximate surface area is 104 Å². The average molecular weight is 236 g/mol. The van der Waals surface area contributed by atoms with Crippen LogP contribution in [0, 0.1) is 0 Å². The minimum absolute atomic E-state index is 0.252. The van der Waals surface area contributed by atoms with Gasteiger partial charge in [0.25, 0.3) is 0 Å². The van der Waals surface area contributed by atoms with Crippen LogP contribution >= 0.6 is 0 Å². The third kappa shape index (κ3) is 3.09. The smallest absolute Gasteiger partial charge is 0.195 e. The lowest BCUT2D eigenvalue weighted by molar-refractivity contribution is 0.347. The maximum Gasteiger partial charge on any atom is 0.195 e. The highest BCUT2D eigenvalue weighted by Gasteiger charge is 2.33. The van der Waals surface area contributed by atoms with Gasteiger partial charge in [-0.15, -0.1) is 0 Å². The van der Waals surface area contributed by atoms with Crippen molar-refractivity contribution in [2.24, 2.45) is 0 Å². The summed E-state index contributed by atoms with van der Waals surface area (Å²) < 4.78 is 5.90. The van der Waals surface area contributed by atoms with E-state index >= 15 is 0 Å². The lowest BCUT2D eigenvalue weighted by atomic mass is 9.87. The van der Waals surface area contributed by atoms with E-state index in [1.54, 1.807) is 0 Å². The lowest BCUT2D eigenvalue weighted by Gasteiger charge is -2.19. The van der Waals surface area contributed by atoms with E-state index in [0.717, 1.165) is 31.2 Å². The number of nitrogens with zero attached hydrogens (tertiary/aromatic N) is 1. The standard InChI is InChI=1S/C14H24N2O/c1-3-9-15-10-6-13-16-11-12(17-13)14(2)7-4-5-8-14/h11,15H,3-10H2,1-2H3. The molecule has 0 aromatic carbocycles. The van der Waals surface area contributed by atoms with Gasteiger partial charge in [0.1, 0.15) is 5.76 Å². The summed E-state index contributed by atoms with van der Waals surface area (Å²) in [6.45, 7) is 6.52.